The summed E-state index contributed by atoms with van der Waals surface area (Å²) in [4.78, 5) is 39.2. The predicted molar refractivity (Wildman–Crippen MR) is 128 cm³/mol. The monoisotopic (exact) mass is 464 g/mol. The van der Waals surface area contributed by atoms with Gasteiger partial charge in [-0.05, 0) is 46.9 Å². The first kappa shape index (κ1) is 23.8. The van der Waals surface area contributed by atoms with Crippen LogP contribution >= 0.6 is 0 Å². The second-order valence-electron chi connectivity index (χ2n) is 9.71. The lowest BCUT2D eigenvalue weighted by Gasteiger charge is -2.38. The standard InChI is InChI=1S/C27H32N2O5/c1-16(2)24(25(30)29-13-12-17(3)14-23(29)26(31)32)28-27(33)34-15-22-20-10-6-4-8-18(20)19-9-5-7-11-21(19)22/h4-11,16-17,22-24H,12-15H2,1-3H3,(H,28,33)(H,31,32). The van der Waals surface area contributed by atoms with E-state index in [2.05, 4.69) is 17.4 Å². The van der Waals surface area contributed by atoms with E-state index >= 15 is 0 Å². The van der Waals surface area contributed by atoms with Crippen molar-refractivity contribution < 1.29 is 24.2 Å². The van der Waals surface area contributed by atoms with Crippen LogP contribution in [0.5, 0.6) is 0 Å². The van der Waals surface area contributed by atoms with Crippen LogP contribution in [0.2, 0.25) is 0 Å². The molecule has 0 saturated carbocycles. The Morgan fingerprint density at radius 1 is 1.06 bits per heavy atom. The molecule has 1 fully saturated rings. The summed E-state index contributed by atoms with van der Waals surface area (Å²) in [6, 6.07) is 14.4. The number of nitrogens with zero attached hydrogens (tertiary/aromatic N) is 1. The van der Waals surface area contributed by atoms with Crippen LogP contribution in [-0.2, 0) is 14.3 Å². The molecule has 1 heterocycles. The number of aliphatic carboxylic acids is 1. The number of fused-ring (bicyclic) bond motifs is 3. The van der Waals surface area contributed by atoms with Gasteiger partial charge in [0.2, 0.25) is 5.91 Å². The van der Waals surface area contributed by atoms with E-state index in [1.807, 2.05) is 57.2 Å². The van der Waals surface area contributed by atoms with Crippen molar-refractivity contribution in [1.82, 2.24) is 10.2 Å². The molecule has 2 N–H and O–H groups in total. The molecule has 0 spiro atoms. The molecule has 1 aliphatic heterocycles. The average Bonchev–Trinajstić information content (AvgIpc) is 3.14. The van der Waals surface area contributed by atoms with E-state index in [1.165, 1.54) is 4.90 Å². The molecule has 1 saturated heterocycles. The minimum atomic E-state index is -1.01. The van der Waals surface area contributed by atoms with E-state index in [1.54, 1.807) is 0 Å². The van der Waals surface area contributed by atoms with Crippen LogP contribution in [0.1, 0.15) is 50.7 Å². The minimum absolute atomic E-state index is 0.0775. The van der Waals surface area contributed by atoms with Crippen LogP contribution in [0.4, 0.5) is 4.79 Å². The van der Waals surface area contributed by atoms with Gasteiger partial charge in [-0.15, -0.1) is 0 Å². The summed E-state index contributed by atoms with van der Waals surface area (Å²) in [5.74, 6) is -1.45. The van der Waals surface area contributed by atoms with Crippen molar-refractivity contribution in [2.75, 3.05) is 13.2 Å². The van der Waals surface area contributed by atoms with Gasteiger partial charge in [0.05, 0.1) is 0 Å². The molecule has 0 bridgehead atoms. The molecular formula is C27H32N2O5. The second-order valence-corrected chi connectivity index (χ2v) is 9.71. The van der Waals surface area contributed by atoms with Gasteiger partial charge in [0.1, 0.15) is 18.7 Å². The van der Waals surface area contributed by atoms with E-state index in [4.69, 9.17) is 4.74 Å². The second kappa shape index (κ2) is 9.87. The number of amides is 2. The number of hydrogen-bond acceptors (Lipinski definition) is 4. The van der Waals surface area contributed by atoms with Crippen molar-refractivity contribution in [1.29, 1.82) is 0 Å². The maximum absolute atomic E-state index is 13.3. The number of piperidine rings is 1. The molecule has 2 amide bonds. The Morgan fingerprint density at radius 3 is 2.21 bits per heavy atom. The number of carboxylic acids is 1. The summed E-state index contributed by atoms with van der Waals surface area (Å²) < 4.78 is 5.61. The van der Waals surface area contributed by atoms with Gasteiger partial charge in [-0.3, -0.25) is 4.79 Å². The van der Waals surface area contributed by atoms with Crippen LogP contribution in [0.3, 0.4) is 0 Å². The SMILES string of the molecule is CC1CCN(C(=O)C(NC(=O)OCC2c3ccccc3-c3ccccc32)C(C)C)C(C(=O)O)C1. The Morgan fingerprint density at radius 2 is 1.65 bits per heavy atom. The summed E-state index contributed by atoms with van der Waals surface area (Å²) in [5, 5.41) is 12.3. The largest absolute Gasteiger partial charge is 0.480 e. The number of nitrogens with one attached hydrogen (secondary N) is 1. The summed E-state index contributed by atoms with van der Waals surface area (Å²) in [5.41, 5.74) is 4.50. The first-order valence-electron chi connectivity index (χ1n) is 11.9. The predicted octanol–water partition coefficient (Wildman–Crippen LogP) is 4.26. The highest BCUT2D eigenvalue weighted by atomic mass is 16.5. The van der Waals surface area contributed by atoms with Crippen LogP contribution in [0.25, 0.3) is 11.1 Å². The minimum Gasteiger partial charge on any atom is -0.480 e. The summed E-state index contributed by atoms with van der Waals surface area (Å²) in [6.07, 6.45) is 0.480. The molecular weight excluding hydrogens is 432 g/mol. The summed E-state index contributed by atoms with van der Waals surface area (Å²) >= 11 is 0. The highest BCUT2D eigenvalue weighted by Gasteiger charge is 2.39. The molecule has 34 heavy (non-hydrogen) atoms. The Balaban J connectivity index is 1.44. The topological polar surface area (TPSA) is 95.9 Å². The zero-order chi connectivity index (χ0) is 24.4. The highest BCUT2D eigenvalue weighted by Crippen LogP contribution is 2.44. The van der Waals surface area contributed by atoms with Crippen LogP contribution in [0.15, 0.2) is 48.5 Å². The van der Waals surface area contributed by atoms with E-state index in [9.17, 15) is 19.5 Å². The number of carboxylic acid groups (broad SMARTS) is 1. The number of carbonyl (C=O) groups excluding carboxylic acids is 2. The summed E-state index contributed by atoms with van der Waals surface area (Å²) in [7, 11) is 0. The fourth-order valence-corrected chi connectivity index (χ4v) is 5.10. The molecule has 7 nitrogen and oxygen atoms in total. The molecule has 2 aromatic rings. The van der Waals surface area contributed by atoms with E-state index in [0.29, 0.717) is 13.0 Å². The van der Waals surface area contributed by atoms with E-state index < -0.39 is 24.1 Å². The molecule has 4 rings (SSSR count). The number of likely N-dealkylation sites (tertiary alicyclic amines) is 1. The maximum atomic E-state index is 13.3. The average molecular weight is 465 g/mol. The zero-order valence-electron chi connectivity index (χ0n) is 19.9. The van der Waals surface area contributed by atoms with Gasteiger partial charge in [-0.2, -0.15) is 0 Å². The lowest BCUT2D eigenvalue weighted by atomic mass is 9.91. The third kappa shape index (κ3) is 4.65. The van der Waals surface area contributed by atoms with Crippen LogP contribution in [0, 0.1) is 11.8 Å². The zero-order valence-corrected chi connectivity index (χ0v) is 19.9. The smallest absolute Gasteiger partial charge is 0.407 e. The van der Waals surface area contributed by atoms with Gasteiger partial charge < -0.3 is 20.1 Å². The Hall–Kier alpha value is -3.35. The number of ether oxygens (including phenoxy) is 1. The first-order chi connectivity index (χ1) is 16.3. The maximum Gasteiger partial charge on any atom is 0.407 e. The molecule has 180 valence electrons. The Bertz CT molecular complexity index is 1040. The molecule has 7 heteroatoms. The molecule has 1 aliphatic carbocycles. The lowest BCUT2D eigenvalue weighted by Crippen LogP contribution is -2.58. The number of hydrogen-bond donors (Lipinski definition) is 2. The van der Waals surface area contributed by atoms with Crippen molar-refractivity contribution in [3.63, 3.8) is 0 Å². The third-order valence-electron chi connectivity index (χ3n) is 6.98. The number of carbonyl (C=O) groups is 3. The van der Waals surface area contributed by atoms with Crippen molar-refractivity contribution in [2.24, 2.45) is 11.8 Å². The molecule has 0 aromatic heterocycles. The number of alkyl carbamates (subject to hydrolysis) is 1. The van der Waals surface area contributed by atoms with Crippen molar-refractivity contribution >= 4 is 18.0 Å². The van der Waals surface area contributed by atoms with E-state index in [-0.39, 0.29) is 30.3 Å². The van der Waals surface area contributed by atoms with Crippen molar-refractivity contribution in [3.8, 4) is 11.1 Å². The van der Waals surface area contributed by atoms with Gasteiger partial charge in [-0.25, -0.2) is 9.59 Å². The number of rotatable bonds is 6. The Kier molecular flexibility index (Phi) is 6.91. The van der Waals surface area contributed by atoms with Gasteiger partial charge in [-0.1, -0.05) is 69.3 Å². The van der Waals surface area contributed by atoms with Gasteiger partial charge >= 0.3 is 12.1 Å². The normalized spacial score (nSPS) is 20.4. The van der Waals surface area contributed by atoms with Gasteiger partial charge in [0.25, 0.3) is 0 Å². The first-order valence-corrected chi connectivity index (χ1v) is 11.9. The molecule has 2 aliphatic rings. The molecule has 2 aromatic carbocycles. The van der Waals surface area contributed by atoms with Crippen molar-refractivity contribution in [2.45, 2.75) is 51.6 Å². The molecule has 3 unspecified atom stereocenters. The quantitative estimate of drug-likeness (QED) is 0.666. The summed E-state index contributed by atoms with van der Waals surface area (Å²) in [6.45, 7) is 6.17. The van der Waals surface area contributed by atoms with E-state index in [0.717, 1.165) is 28.7 Å². The van der Waals surface area contributed by atoms with Crippen molar-refractivity contribution in [3.05, 3.63) is 59.7 Å². The van der Waals surface area contributed by atoms with Gasteiger partial charge in [0.15, 0.2) is 0 Å². The fraction of sp³-hybridized carbons (Fsp3) is 0.444. The highest BCUT2D eigenvalue weighted by molar-refractivity contribution is 5.89. The Labute approximate surface area is 200 Å². The van der Waals surface area contributed by atoms with Gasteiger partial charge in [0, 0.05) is 12.5 Å². The number of benzene rings is 2. The lowest BCUT2D eigenvalue weighted by molar-refractivity contribution is -0.154. The third-order valence-corrected chi connectivity index (χ3v) is 6.98. The van der Waals surface area contributed by atoms with Crippen LogP contribution in [-0.4, -0.2) is 53.2 Å². The fourth-order valence-electron chi connectivity index (χ4n) is 5.10. The molecule has 0 radical (unpaired) electrons. The van der Waals surface area contributed by atoms with Crippen LogP contribution < -0.4 is 5.32 Å². The molecule has 3 atom stereocenters.